The van der Waals surface area contributed by atoms with Crippen LogP contribution < -0.4 is 5.48 Å². The molecule has 3 N–H and O–H groups in total. The van der Waals surface area contributed by atoms with E-state index < -0.39 is 24.0 Å². The lowest BCUT2D eigenvalue weighted by Crippen LogP contribution is -2.62. The van der Waals surface area contributed by atoms with Crippen LogP contribution in [0.2, 0.25) is 0 Å². The summed E-state index contributed by atoms with van der Waals surface area (Å²) in [6, 6.07) is 16.8. The van der Waals surface area contributed by atoms with E-state index in [1.807, 2.05) is 18.2 Å². The van der Waals surface area contributed by atoms with Crippen LogP contribution in [-0.2, 0) is 4.79 Å². The van der Waals surface area contributed by atoms with Gasteiger partial charge in [0.2, 0.25) is 0 Å². The Bertz CT molecular complexity index is 805. The van der Waals surface area contributed by atoms with Gasteiger partial charge in [0.1, 0.15) is 11.6 Å². The van der Waals surface area contributed by atoms with E-state index in [-0.39, 0.29) is 5.92 Å². The molecule has 0 saturated carbocycles. The molecule has 1 heterocycles. The number of likely N-dealkylation sites (tertiary alicyclic amines) is 1. The van der Waals surface area contributed by atoms with Crippen LogP contribution in [0.25, 0.3) is 11.1 Å². The summed E-state index contributed by atoms with van der Waals surface area (Å²) in [5.41, 5.74) is 2.28. The van der Waals surface area contributed by atoms with E-state index in [1.54, 1.807) is 0 Å². The summed E-state index contributed by atoms with van der Waals surface area (Å²) in [4.78, 5) is 13.5. The molecule has 1 aliphatic rings. The number of amides is 1. The second kappa shape index (κ2) is 8.98. The monoisotopic (exact) mass is 404 g/mol. The highest BCUT2D eigenvalue weighted by Crippen LogP contribution is 2.33. The zero-order chi connectivity index (χ0) is 21.0. The average Bonchev–Trinajstić information content (AvgIpc) is 2.75. The Morgan fingerprint density at radius 1 is 1.07 bits per heavy atom. The second-order valence-electron chi connectivity index (χ2n) is 7.70. The fraction of sp³-hybridized carbons (Fsp3) is 0.409. The highest BCUT2D eigenvalue weighted by molar-refractivity contribution is 5.82. The number of carbonyl (C=O) groups is 1. The fourth-order valence-corrected chi connectivity index (χ4v) is 4.05. The number of nitrogens with one attached hydrogen (secondary N) is 1. The summed E-state index contributed by atoms with van der Waals surface area (Å²) in [6.45, 7) is 1.66. The molecule has 1 amide bonds. The van der Waals surface area contributed by atoms with E-state index in [1.165, 1.54) is 10.4 Å². The number of nitrogens with zero attached hydrogens (tertiary/aromatic N) is 1. The molecule has 0 aliphatic carbocycles. The van der Waals surface area contributed by atoms with Crippen LogP contribution in [0.5, 0.6) is 0 Å². The van der Waals surface area contributed by atoms with Crippen LogP contribution in [0.3, 0.4) is 0 Å². The number of piperidine rings is 1. The van der Waals surface area contributed by atoms with Crippen molar-refractivity contribution in [2.24, 2.45) is 0 Å². The van der Waals surface area contributed by atoms with Gasteiger partial charge in [-0.2, -0.15) is 0 Å². The largest absolute Gasteiger partial charge is 0.382 e. The van der Waals surface area contributed by atoms with Crippen LogP contribution in [-0.4, -0.2) is 52.3 Å². The number of hydrogen-bond donors (Lipinski definition) is 3. The van der Waals surface area contributed by atoms with E-state index in [9.17, 15) is 18.7 Å². The van der Waals surface area contributed by atoms with Gasteiger partial charge in [-0.15, -0.1) is 0 Å². The van der Waals surface area contributed by atoms with Gasteiger partial charge in [0.05, 0.1) is 0 Å². The molecule has 2 atom stereocenters. The molecule has 0 aromatic heterocycles. The normalized spacial score (nSPS) is 19.0. The smallest absolute Gasteiger partial charge is 0.268 e. The Morgan fingerprint density at radius 2 is 1.62 bits per heavy atom. The van der Waals surface area contributed by atoms with Gasteiger partial charge in [0, 0.05) is 0 Å². The maximum atomic E-state index is 13.3. The number of hydroxylamine groups is 1. The van der Waals surface area contributed by atoms with Gasteiger partial charge in [-0.25, -0.2) is 14.3 Å². The van der Waals surface area contributed by atoms with Crippen molar-refractivity contribution in [3.8, 4) is 11.1 Å². The molecule has 2 aromatic carbocycles. The van der Waals surface area contributed by atoms with Crippen molar-refractivity contribution in [1.29, 1.82) is 0 Å². The minimum Gasteiger partial charge on any atom is -0.382 e. The molecule has 1 saturated heterocycles. The number of carbonyl (C=O) groups excluding carboxylic acids is 1. The number of alkyl halides is 2. The Morgan fingerprint density at radius 3 is 2.14 bits per heavy atom. The predicted octanol–water partition coefficient (Wildman–Crippen LogP) is 3.42. The number of halogens is 2. The molecule has 1 aliphatic heterocycles. The lowest BCUT2D eigenvalue weighted by Gasteiger charge is -2.42. The number of benzene rings is 2. The quantitative estimate of drug-likeness (QED) is 0.510. The summed E-state index contributed by atoms with van der Waals surface area (Å²) in [5, 5.41) is 19.1. The maximum absolute atomic E-state index is 13.3. The van der Waals surface area contributed by atoms with Gasteiger partial charge >= 0.3 is 0 Å². The van der Waals surface area contributed by atoms with Crippen molar-refractivity contribution in [1.82, 2.24) is 10.4 Å². The zero-order valence-electron chi connectivity index (χ0n) is 16.3. The van der Waals surface area contributed by atoms with Gasteiger partial charge in [-0.3, -0.25) is 14.9 Å². The SMILES string of the molecule is CC(O)(C(F)F)C(C(=O)NO)N1CCC(c2ccc(-c3ccccc3)cc2)CC1. The van der Waals surface area contributed by atoms with Crippen LogP contribution >= 0.6 is 0 Å². The molecular formula is C22H26F2N2O3. The standard InChI is InChI=1S/C22H26F2N2O3/c1-22(28,21(23)24)19(20(27)25-29)26-13-11-18(12-14-26)17-9-7-16(8-10-17)15-5-3-2-4-6-15/h2-10,18-19,21,28-29H,11-14H2,1H3,(H,25,27). The minimum absolute atomic E-state index is 0.241. The summed E-state index contributed by atoms with van der Waals surface area (Å²) in [7, 11) is 0. The number of rotatable bonds is 6. The molecule has 29 heavy (non-hydrogen) atoms. The van der Waals surface area contributed by atoms with Gasteiger partial charge in [0.25, 0.3) is 12.3 Å². The molecule has 7 heteroatoms. The van der Waals surface area contributed by atoms with Gasteiger partial charge in [-0.1, -0.05) is 54.6 Å². The topological polar surface area (TPSA) is 72.8 Å². The molecule has 0 spiro atoms. The molecule has 2 unspecified atom stereocenters. The van der Waals surface area contributed by atoms with Gasteiger partial charge in [-0.05, 0) is 55.5 Å². The van der Waals surface area contributed by atoms with E-state index in [0.29, 0.717) is 25.9 Å². The van der Waals surface area contributed by atoms with Crippen molar-refractivity contribution >= 4 is 5.91 Å². The summed E-state index contributed by atoms with van der Waals surface area (Å²) in [5.74, 6) is -0.786. The molecule has 1 fully saturated rings. The van der Waals surface area contributed by atoms with Crippen molar-refractivity contribution < 1.29 is 23.9 Å². The minimum atomic E-state index is -3.12. The van der Waals surface area contributed by atoms with E-state index in [2.05, 4.69) is 36.4 Å². The predicted molar refractivity (Wildman–Crippen MR) is 106 cm³/mol. The number of hydrogen-bond acceptors (Lipinski definition) is 4. The highest BCUT2D eigenvalue weighted by atomic mass is 19.3. The van der Waals surface area contributed by atoms with Crippen LogP contribution in [0, 0.1) is 0 Å². The first-order valence-electron chi connectivity index (χ1n) is 9.68. The van der Waals surface area contributed by atoms with Gasteiger partial charge < -0.3 is 5.11 Å². The molecule has 2 aromatic rings. The van der Waals surface area contributed by atoms with Crippen molar-refractivity contribution in [3.63, 3.8) is 0 Å². The van der Waals surface area contributed by atoms with Crippen molar-refractivity contribution in [2.75, 3.05) is 13.1 Å². The Kier molecular flexibility index (Phi) is 6.62. The second-order valence-corrected chi connectivity index (χ2v) is 7.70. The molecule has 3 rings (SSSR count). The fourth-order valence-electron chi connectivity index (χ4n) is 4.05. The molecule has 156 valence electrons. The molecule has 0 bridgehead atoms. The third-order valence-electron chi connectivity index (χ3n) is 5.74. The first-order chi connectivity index (χ1) is 13.8. The lowest BCUT2D eigenvalue weighted by atomic mass is 9.86. The van der Waals surface area contributed by atoms with E-state index >= 15 is 0 Å². The highest BCUT2D eigenvalue weighted by Gasteiger charge is 2.48. The first kappa shape index (κ1) is 21.4. The lowest BCUT2D eigenvalue weighted by molar-refractivity contribution is -0.165. The van der Waals surface area contributed by atoms with Crippen molar-refractivity contribution in [2.45, 2.75) is 43.8 Å². The third-order valence-corrected chi connectivity index (χ3v) is 5.74. The van der Waals surface area contributed by atoms with Crippen LogP contribution in [0.15, 0.2) is 54.6 Å². The van der Waals surface area contributed by atoms with Gasteiger partial charge in [0.15, 0.2) is 0 Å². The molecule has 5 nitrogen and oxygen atoms in total. The Balaban J connectivity index is 1.68. The van der Waals surface area contributed by atoms with Crippen LogP contribution in [0.4, 0.5) is 8.78 Å². The Hall–Kier alpha value is -2.35. The zero-order valence-corrected chi connectivity index (χ0v) is 16.3. The summed E-state index contributed by atoms with van der Waals surface area (Å²) >= 11 is 0. The van der Waals surface area contributed by atoms with E-state index in [4.69, 9.17) is 5.21 Å². The van der Waals surface area contributed by atoms with Crippen molar-refractivity contribution in [3.05, 3.63) is 60.2 Å². The third kappa shape index (κ3) is 4.63. The average molecular weight is 404 g/mol. The molecule has 0 radical (unpaired) electrons. The van der Waals surface area contributed by atoms with E-state index in [0.717, 1.165) is 23.6 Å². The number of aliphatic hydroxyl groups is 1. The Labute approximate surface area is 168 Å². The molecular weight excluding hydrogens is 378 g/mol. The summed E-state index contributed by atoms with van der Waals surface area (Å²) in [6.07, 6.45) is -1.79. The van der Waals surface area contributed by atoms with Crippen LogP contribution in [0.1, 0.15) is 31.2 Å². The maximum Gasteiger partial charge on any atom is 0.268 e. The first-order valence-corrected chi connectivity index (χ1v) is 9.68. The summed E-state index contributed by atoms with van der Waals surface area (Å²) < 4.78 is 26.6.